The molecule has 0 saturated carbocycles. The minimum Gasteiger partial charge on any atom is -0.490 e. The van der Waals surface area contributed by atoms with Crippen molar-refractivity contribution >= 4 is 22.4 Å². The summed E-state index contributed by atoms with van der Waals surface area (Å²) in [5.41, 5.74) is 5.68. The van der Waals surface area contributed by atoms with E-state index in [-0.39, 0.29) is 6.10 Å². The van der Waals surface area contributed by atoms with Crippen molar-refractivity contribution in [3.05, 3.63) is 0 Å². The minimum atomic E-state index is 0.196. The van der Waals surface area contributed by atoms with Crippen LogP contribution >= 0.6 is 11.5 Å². The Morgan fingerprint density at radius 1 is 1.71 bits per heavy atom. The Morgan fingerprint density at radius 3 is 3.24 bits per heavy atom. The average Bonchev–Trinajstić information content (AvgIpc) is 2.67. The highest BCUT2D eigenvalue weighted by atomic mass is 32.1. The van der Waals surface area contributed by atoms with Crippen molar-refractivity contribution in [2.75, 3.05) is 51.4 Å². The number of rotatable bonds is 4. The van der Waals surface area contributed by atoms with Gasteiger partial charge in [-0.1, -0.05) is 0 Å². The van der Waals surface area contributed by atoms with Gasteiger partial charge in [0.25, 0.3) is 0 Å². The molecule has 1 unspecified atom stereocenters. The lowest BCUT2D eigenvalue weighted by Gasteiger charge is -2.30. The molecule has 17 heavy (non-hydrogen) atoms. The van der Waals surface area contributed by atoms with Gasteiger partial charge in [0.1, 0.15) is 0 Å². The first-order valence-corrected chi connectivity index (χ1v) is 6.31. The van der Waals surface area contributed by atoms with Crippen LogP contribution in [0, 0.1) is 0 Å². The van der Waals surface area contributed by atoms with Gasteiger partial charge in [-0.3, -0.25) is 0 Å². The van der Waals surface area contributed by atoms with Crippen molar-refractivity contribution in [2.45, 2.75) is 6.10 Å². The molecule has 1 aliphatic heterocycles. The number of hydrogen-bond donors (Lipinski definition) is 2. The molecule has 96 valence electrons. The predicted molar refractivity (Wildman–Crippen MR) is 68.8 cm³/mol. The van der Waals surface area contributed by atoms with Gasteiger partial charge >= 0.3 is 0 Å². The zero-order valence-corrected chi connectivity index (χ0v) is 10.9. The van der Waals surface area contributed by atoms with Crippen molar-refractivity contribution in [2.24, 2.45) is 0 Å². The van der Waals surface area contributed by atoms with Gasteiger partial charge in [-0.2, -0.15) is 4.37 Å². The molecule has 1 aromatic heterocycles. The zero-order chi connectivity index (χ0) is 12.3. The fourth-order valence-corrected chi connectivity index (χ4v) is 2.49. The van der Waals surface area contributed by atoms with Gasteiger partial charge < -0.3 is 25.4 Å². The highest BCUT2D eigenvalue weighted by Gasteiger charge is 2.19. The highest BCUT2D eigenvalue weighted by molar-refractivity contribution is 7.11. The Morgan fingerprint density at radius 2 is 2.53 bits per heavy atom. The summed E-state index contributed by atoms with van der Waals surface area (Å²) in [5.74, 6) is 1.06. The van der Waals surface area contributed by atoms with Gasteiger partial charge in [0.15, 0.2) is 16.6 Å². The van der Waals surface area contributed by atoms with E-state index in [0.717, 1.165) is 31.2 Å². The van der Waals surface area contributed by atoms with Crippen molar-refractivity contribution in [3.8, 4) is 5.75 Å². The predicted octanol–water partition coefficient (Wildman–Crippen LogP) is 0.476. The van der Waals surface area contributed by atoms with E-state index in [9.17, 15) is 0 Å². The Labute approximate surface area is 105 Å². The maximum absolute atomic E-state index is 5.68. The van der Waals surface area contributed by atoms with Crippen LogP contribution in [0.5, 0.6) is 5.75 Å². The molecule has 7 heteroatoms. The monoisotopic (exact) mass is 258 g/mol. The molecule has 1 atom stereocenters. The van der Waals surface area contributed by atoms with Gasteiger partial charge in [0.2, 0.25) is 0 Å². The second-order valence-electron chi connectivity index (χ2n) is 4.07. The molecule has 6 nitrogen and oxygen atoms in total. The number of nitrogen functional groups attached to an aromatic ring is 1. The van der Waals surface area contributed by atoms with Gasteiger partial charge in [-0.25, -0.2) is 0 Å². The molecular weight excluding hydrogens is 240 g/mol. The Kier molecular flexibility index (Phi) is 4.03. The molecule has 1 fully saturated rings. The number of methoxy groups -OCH3 is 1. The summed E-state index contributed by atoms with van der Waals surface area (Å²) in [7, 11) is 3.69. The summed E-state index contributed by atoms with van der Waals surface area (Å²) >= 11 is 1.31. The molecule has 0 aromatic carbocycles. The average molecular weight is 258 g/mol. The summed E-state index contributed by atoms with van der Waals surface area (Å²) in [6, 6.07) is 0. The van der Waals surface area contributed by atoms with Crippen molar-refractivity contribution in [3.63, 3.8) is 0 Å². The van der Waals surface area contributed by atoms with Crippen LogP contribution in [0.25, 0.3) is 0 Å². The molecule has 2 rings (SSSR count). The van der Waals surface area contributed by atoms with Crippen LogP contribution in [0.1, 0.15) is 0 Å². The second kappa shape index (κ2) is 5.52. The van der Waals surface area contributed by atoms with Crippen LogP contribution in [0.15, 0.2) is 0 Å². The normalized spacial score (nSPS) is 21.4. The lowest BCUT2D eigenvalue weighted by molar-refractivity contribution is -0.0117. The number of likely N-dealkylation sites (N-methyl/N-ethyl adjacent to an activating group) is 1. The van der Waals surface area contributed by atoms with Crippen molar-refractivity contribution in [1.29, 1.82) is 0 Å². The number of morpholine rings is 1. The molecule has 2 heterocycles. The number of nitrogens with zero attached hydrogens (tertiary/aromatic N) is 2. The van der Waals surface area contributed by atoms with Crippen molar-refractivity contribution in [1.82, 2.24) is 9.27 Å². The molecular formula is C10H18N4O2S. The molecule has 0 spiro atoms. The van der Waals surface area contributed by atoms with Gasteiger partial charge in [0, 0.05) is 19.6 Å². The first-order chi connectivity index (χ1) is 8.20. The van der Waals surface area contributed by atoms with Crippen LogP contribution < -0.4 is 15.8 Å². The number of ether oxygens (including phenoxy) is 2. The lowest BCUT2D eigenvalue weighted by Crippen LogP contribution is -2.43. The molecule has 0 bridgehead atoms. The number of nitrogens with two attached hydrogens (primary N) is 1. The fourth-order valence-electron chi connectivity index (χ4n) is 1.80. The molecule has 0 radical (unpaired) electrons. The van der Waals surface area contributed by atoms with Crippen LogP contribution in [0.2, 0.25) is 0 Å². The molecule has 3 N–H and O–H groups in total. The third-order valence-corrected chi connectivity index (χ3v) is 3.51. The Balaban J connectivity index is 1.88. The topological polar surface area (TPSA) is 72.6 Å². The molecule has 1 aromatic rings. The molecule has 1 saturated heterocycles. The smallest absolute Gasteiger partial charge is 0.197 e. The maximum atomic E-state index is 5.68. The number of hydrogen-bond acceptors (Lipinski definition) is 7. The minimum absolute atomic E-state index is 0.196. The highest BCUT2D eigenvalue weighted by Crippen LogP contribution is 2.34. The summed E-state index contributed by atoms with van der Waals surface area (Å²) < 4.78 is 14.9. The molecule has 0 aliphatic carbocycles. The maximum Gasteiger partial charge on any atom is 0.197 e. The fraction of sp³-hybridized carbons (Fsp3) is 0.700. The van der Waals surface area contributed by atoms with Gasteiger partial charge in [0.05, 0.1) is 19.8 Å². The zero-order valence-electron chi connectivity index (χ0n) is 10.1. The van der Waals surface area contributed by atoms with E-state index >= 15 is 0 Å². The van der Waals surface area contributed by atoms with E-state index < -0.39 is 0 Å². The standard InChI is InChI=1S/C10H18N4O2S/c1-14-3-4-16-7(6-14)5-12-10-8(15-2)9(11)13-17-10/h7,12H,3-6H2,1-2H3,(H2,11,13). The Hall–Kier alpha value is -1.05. The van der Waals surface area contributed by atoms with Crippen LogP contribution in [0.3, 0.4) is 0 Å². The van der Waals surface area contributed by atoms with Crippen LogP contribution in [0.4, 0.5) is 10.8 Å². The summed E-state index contributed by atoms with van der Waals surface area (Å²) in [5, 5.41) is 4.14. The second-order valence-corrected chi connectivity index (χ2v) is 4.84. The number of nitrogens with one attached hydrogen (secondary N) is 1. The largest absolute Gasteiger partial charge is 0.490 e. The number of aromatic nitrogens is 1. The molecule has 0 amide bonds. The van der Waals surface area contributed by atoms with Crippen molar-refractivity contribution < 1.29 is 9.47 Å². The van der Waals surface area contributed by atoms with Crippen LogP contribution in [-0.2, 0) is 4.74 Å². The first-order valence-electron chi connectivity index (χ1n) is 5.54. The van der Waals surface area contributed by atoms with Crippen LogP contribution in [-0.4, -0.2) is 55.8 Å². The van der Waals surface area contributed by atoms with E-state index in [4.69, 9.17) is 15.2 Å². The molecule has 1 aliphatic rings. The number of anilines is 2. The first kappa shape index (κ1) is 12.4. The SMILES string of the molecule is COc1c(N)nsc1NCC1CN(C)CCO1. The summed E-state index contributed by atoms with van der Waals surface area (Å²) in [6.45, 7) is 3.45. The van der Waals surface area contributed by atoms with E-state index in [1.54, 1.807) is 7.11 Å². The quantitative estimate of drug-likeness (QED) is 0.818. The van der Waals surface area contributed by atoms with E-state index in [0.29, 0.717) is 11.6 Å². The van der Waals surface area contributed by atoms with Gasteiger partial charge in [-0.05, 0) is 18.6 Å². The third kappa shape index (κ3) is 2.99. The Bertz CT molecular complexity index is 371. The summed E-state index contributed by atoms with van der Waals surface area (Å²) in [6.07, 6.45) is 0.196. The third-order valence-electron chi connectivity index (χ3n) is 2.71. The summed E-state index contributed by atoms with van der Waals surface area (Å²) in [4.78, 5) is 2.26. The van der Waals surface area contributed by atoms with E-state index in [2.05, 4.69) is 21.6 Å². The van der Waals surface area contributed by atoms with E-state index in [1.807, 2.05) is 0 Å². The van der Waals surface area contributed by atoms with Gasteiger partial charge in [-0.15, -0.1) is 0 Å². The van der Waals surface area contributed by atoms with E-state index in [1.165, 1.54) is 11.5 Å². The lowest BCUT2D eigenvalue weighted by atomic mass is 10.3.